The molecule has 1 fully saturated rings. The number of fused-ring (bicyclic) bond motifs is 1. The zero-order valence-electron chi connectivity index (χ0n) is 26.6. The highest BCUT2D eigenvalue weighted by Crippen LogP contribution is 2.41. The molecule has 4 aromatic rings. The van der Waals surface area contributed by atoms with Crippen LogP contribution in [0.25, 0.3) is 11.1 Å². The third-order valence-corrected chi connectivity index (χ3v) is 8.99. The fraction of sp³-hybridized carbons (Fsp3) is 0.316. The molecule has 1 N–H and O–H groups in total. The maximum Gasteiger partial charge on any atom is 0.416 e. The van der Waals surface area contributed by atoms with Gasteiger partial charge in [0.25, 0.3) is 0 Å². The zero-order valence-corrected chi connectivity index (χ0v) is 26.6. The fourth-order valence-corrected chi connectivity index (χ4v) is 6.36. The van der Waals surface area contributed by atoms with Gasteiger partial charge in [-0.3, -0.25) is 4.79 Å². The number of likely N-dealkylation sites (tertiary alicyclic amines) is 1. The Bertz CT molecular complexity index is 1670. The van der Waals surface area contributed by atoms with E-state index in [0.717, 1.165) is 72.3 Å². The summed E-state index contributed by atoms with van der Waals surface area (Å²) in [6.45, 7) is 4.06. The molecule has 47 heavy (non-hydrogen) atoms. The maximum absolute atomic E-state index is 13.6. The molecular formula is C38H40F3N5O. The van der Waals surface area contributed by atoms with Gasteiger partial charge < -0.3 is 20.0 Å². The number of nitrogens with one attached hydrogen (secondary N) is 1. The molecule has 1 unspecified atom stereocenters. The Balaban J connectivity index is 1.28. The molecule has 2 aliphatic rings. The van der Waals surface area contributed by atoms with Gasteiger partial charge in [-0.1, -0.05) is 79.2 Å². The number of halogens is 3. The van der Waals surface area contributed by atoms with Gasteiger partial charge in [-0.15, -0.1) is 0 Å². The van der Waals surface area contributed by atoms with Crippen molar-refractivity contribution in [2.24, 2.45) is 4.99 Å². The van der Waals surface area contributed by atoms with Gasteiger partial charge in [-0.25, -0.2) is 4.99 Å². The summed E-state index contributed by atoms with van der Waals surface area (Å²) in [7, 11) is 2.06. The average molecular weight is 640 g/mol. The lowest BCUT2D eigenvalue weighted by Crippen LogP contribution is -2.49. The van der Waals surface area contributed by atoms with Crippen molar-refractivity contribution in [3.63, 3.8) is 0 Å². The van der Waals surface area contributed by atoms with Crippen LogP contribution in [0.3, 0.4) is 0 Å². The lowest BCUT2D eigenvalue weighted by atomic mass is 9.96. The second kappa shape index (κ2) is 14.4. The molecule has 0 spiro atoms. The van der Waals surface area contributed by atoms with E-state index < -0.39 is 11.7 Å². The molecule has 6 nitrogen and oxygen atoms in total. The first kappa shape index (κ1) is 32.3. The van der Waals surface area contributed by atoms with Crippen LogP contribution in [0.2, 0.25) is 0 Å². The number of alkyl halides is 3. The molecule has 0 radical (unpaired) electrons. The van der Waals surface area contributed by atoms with Crippen molar-refractivity contribution < 1.29 is 18.0 Å². The molecule has 0 saturated carbocycles. The van der Waals surface area contributed by atoms with Crippen LogP contribution >= 0.6 is 0 Å². The summed E-state index contributed by atoms with van der Waals surface area (Å²) in [5, 5.41) is 2.94. The van der Waals surface area contributed by atoms with Gasteiger partial charge in [-0.05, 0) is 73.0 Å². The van der Waals surface area contributed by atoms with E-state index in [0.29, 0.717) is 5.56 Å². The quantitative estimate of drug-likeness (QED) is 0.201. The van der Waals surface area contributed by atoms with E-state index in [2.05, 4.69) is 63.5 Å². The molecule has 0 aromatic heterocycles. The second-order valence-electron chi connectivity index (χ2n) is 12.3. The number of carbonyl (C=O) groups excluding carboxylic acids is 1. The number of rotatable bonds is 9. The van der Waals surface area contributed by atoms with Crippen molar-refractivity contribution in [3.05, 3.63) is 120 Å². The molecule has 0 aliphatic carbocycles. The number of amides is 1. The monoisotopic (exact) mass is 639 g/mol. The van der Waals surface area contributed by atoms with E-state index >= 15 is 0 Å². The third kappa shape index (κ3) is 7.85. The first-order valence-electron chi connectivity index (χ1n) is 16.2. The highest BCUT2D eigenvalue weighted by atomic mass is 19.4. The highest BCUT2D eigenvalue weighted by Gasteiger charge is 2.35. The van der Waals surface area contributed by atoms with E-state index in [-0.39, 0.29) is 24.9 Å². The van der Waals surface area contributed by atoms with Crippen molar-refractivity contribution in [2.45, 2.75) is 44.4 Å². The molecule has 2 heterocycles. The van der Waals surface area contributed by atoms with Gasteiger partial charge >= 0.3 is 6.18 Å². The molecular weight excluding hydrogens is 599 g/mol. The topological polar surface area (TPSA) is 51.2 Å². The predicted octanol–water partition coefficient (Wildman–Crippen LogP) is 8.05. The Morgan fingerprint density at radius 2 is 1.51 bits per heavy atom. The molecule has 4 aromatic carbocycles. The molecule has 244 valence electrons. The van der Waals surface area contributed by atoms with Crippen LogP contribution in [0.15, 0.2) is 108 Å². The van der Waals surface area contributed by atoms with Crippen LogP contribution in [-0.2, 0) is 17.5 Å². The lowest BCUT2D eigenvalue weighted by Gasteiger charge is -2.41. The fourth-order valence-electron chi connectivity index (χ4n) is 6.36. The number of benzene rings is 4. The predicted molar refractivity (Wildman–Crippen MR) is 181 cm³/mol. The Morgan fingerprint density at radius 3 is 2.21 bits per heavy atom. The minimum atomic E-state index is -4.40. The van der Waals surface area contributed by atoms with Crippen molar-refractivity contribution >= 4 is 23.2 Å². The Hall–Kier alpha value is -4.63. The number of hydrogen-bond acceptors (Lipinski definition) is 5. The van der Waals surface area contributed by atoms with Crippen molar-refractivity contribution in [1.29, 1.82) is 0 Å². The number of hydrogen-bond donors (Lipinski definition) is 1. The number of carbonyl (C=O) groups is 1. The van der Waals surface area contributed by atoms with Gasteiger partial charge in [0.15, 0.2) is 0 Å². The maximum atomic E-state index is 13.6. The average Bonchev–Trinajstić information content (AvgIpc) is 3.10. The summed E-state index contributed by atoms with van der Waals surface area (Å²) in [6.07, 6.45) is -0.537. The number of aliphatic imine (C=N–C) groups is 1. The molecule has 6 rings (SSSR count). The minimum Gasteiger partial charge on any atom is -0.352 e. The van der Waals surface area contributed by atoms with Gasteiger partial charge in [0.05, 0.1) is 23.7 Å². The first-order chi connectivity index (χ1) is 22.8. The van der Waals surface area contributed by atoms with Crippen LogP contribution in [0.5, 0.6) is 0 Å². The number of guanidine groups is 1. The molecule has 1 atom stereocenters. The Kier molecular flexibility index (Phi) is 9.92. The summed E-state index contributed by atoms with van der Waals surface area (Å²) in [4.78, 5) is 25.6. The summed E-state index contributed by atoms with van der Waals surface area (Å²) < 4.78 is 39.1. The number of para-hydroxylation sites is 1. The van der Waals surface area contributed by atoms with Crippen LogP contribution < -0.4 is 10.2 Å². The lowest BCUT2D eigenvalue weighted by molar-refractivity contribution is -0.137. The second-order valence-corrected chi connectivity index (χ2v) is 12.3. The Morgan fingerprint density at radius 1 is 0.851 bits per heavy atom. The first-order valence-corrected chi connectivity index (χ1v) is 16.2. The van der Waals surface area contributed by atoms with Gasteiger partial charge in [0.2, 0.25) is 11.9 Å². The zero-order chi connectivity index (χ0) is 32.8. The number of piperidine rings is 1. The van der Waals surface area contributed by atoms with Crippen molar-refractivity contribution in [2.75, 3.05) is 38.1 Å². The van der Waals surface area contributed by atoms with Gasteiger partial charge in [0.1, 0.15) is 0 Å². The normalized spacial score (nSPS) is 16.7. The van der Waals surface area contributed by atoms with Crippen molar-refractivity contribution in [3.8, 4) is 11.1 Å². The summed E-state index contributed by atoms with van der Waals surface area (Å²) >= 11 is 0. The third-order valence-electron chi connectivity index (χ3n) is 8.99. The SMILES string of the molecule is CN(CCN1CCCCC1)C1=Nc2ccccc2C(CC(=O)NCc2ccc(C(F)(F)F)cc2)N1c1ccc(-c2ccccc2)cc1. The van der Waals surface area contributed by atoms with Crippen LogP contribution in [0.4, 0.5) is 24.5 Å². The molecule has 0 bridgehead atoms. The summed E-state index contributed by atoms with van der Waals surface area (Å²) in [5.41, 5.74) is 4.79. The largest absolute Gasteiger partial charge is 0.416 e. The molecule has 2 aliphatic heterocycles. The highest BCUT2D eigenvalue weighted by molar-refractivity contribution is 6.01. The molecule has 1 saturated heterocycles. The van der Waals surface area contributed by atoms with E-state index in [4.69, 9.17) is 4.99 Å². The number of nitrogens with zero attached hydrogens (tertiary/aromatic N) is 4. The van der Waals surface area contributed by atoms with E-state index in [1.807, 2.05) is 42.5 Å². The van der Waals surface area contributed by atoms with Gasteiger partial charge in [-0.2, -0.15) is 13.2 Å². The number of likely N-dealkylation sites (N-methyl/N-ethyl adjacent to an activating group) is 1. The molecule has 1 amide bonds. The van der Waals surface area contributed by atoms with Crippen molar-refractivity contribution in [1.82, 2.24) is 15.1 Å². The van der Waals surface area contributed by atoms with Crippen LogP contribution in [-0.4, -0.2) is 54.9 Å². The minimum absolute atomic E-state index is 0.133. The van der Waals surface area contributed by atoms with E-state index in [1.54, 1.807) is 0 Å². The van der Waals surface area contributed by atoms with Gasteiger partial charge in [0, 0.05) is 37.9 Å². The van der Waals surface area contributed by atoms with E-state index in [9.17, 15) is 18.0 Å². The summed E-state index contributed by atoms with van der Waals surface area (Å²) in [5.74, 6) is 0.571. The molecule has 9 heteroatoms. The van der Waals surface area contributed by atoms with Crippen LogP contribution in [0, 0.1) is 0 Å². The summed E-state index contributed by atoms with van der Waals surface area (Å²) in [6, 6.07) is 31.0. The van der Waals surface area contributed by atoms with E-state index in [1.165, 1.54) is 31.4 Å². The Labute approximate surface area is 274 Å². The van der Waals surface area contributed by atoms with Crippen LogP contribution in [0.1, 0.15) is 48.4 Å². The standard InChI is InChI=1S/C38H40F3N5O/c1-44(24-25-45-22-8-3-9-23-45)37-43-34-13-7-6-12-33(34)35(26-36(47)42-27-28-14-18-31(19-15-28)38(39,40)41)46(37)32-20-16-30(17-21-32)29-10-4-2-5-11-29/h2,4-7,10-21,35H,3,8-9,22-27H2,1H3,(H,42,47). The smallest absolute Gasteiger partial charge is 0.352 e. The number of anilines is 1.